The van der Waals surface area contributed by atoms with Crippen LogP contribution in [0, 0.1) is 12.3 Å². The Kier molecular flexibility index (Phi) is 5.31. The lowest BCUT2D eigenvalue weighted by atomic mass is 10.2. The summed E-state index contributed by atoms with van der Waals surface area (Å²) in [4.78, 5) is 14.9. The fourth-order valence-electron chi connectivity index (χ4n) is 1.30. The highest BCUT2D eigenvalue weighted by atomic mass is 35.5. The number of pyridine rings is 1. The molecule has 5 heteroatoms. The summed E-state index contributed by atoms with van der Waals surface area (Å²) in [5.74, 6) is 1.82. The monoisotopic (exact) mass is 252 g/mol. The van der Waals surface area contributed by atoms with E-state index in [2.05, 4.69) is 16.2 Å². The molecule has 1 heterocycles. The summed E-state index contributed by atoms with van der Waals surface area (Å²) >= 11 is 5.71. The molecule has 0 aliphatic heterocycles. The van der Waals surface area contributed by atoms with Gasteiger partial charge in [0.05, 0.1) is 0 Å². The van der Waals surface area contributed by atoms with Gasteiger partial charge < -0.3 is 10.4 Å². The largest absolute Gasteiger partial charge is 0.478 e. The van der Waals surface area contributed by atoms with Gasteiger partial charge in [-0.25, -0.2) is 9.78 Å². The van der Waals surface area contributed by atoms with Crippen molar-refractivity contribution in [3.05, 3.63) is 22.8 Å². The number of halogens is 1. The summed E-state index contributed by atoms with van der Waals surface area (Å²) in [6.07, 6.45) is 7.60. The topological polar surface area (TPSA) is 62.2 Å². The highest BCUT2D eigenvalue weighted by Gasteiger charge is 2.11. The van der Waals surface area contributed by atoms with Crippen LogP contribution < -0.4 is 5.32 Å². The summed E-state index contributed by atoms with van der Waals surface area (Å²) in [5, 5.41) is 12.2. The molecule has 1 aromatic rings. The van der Waals surface area contributed by atoms with Crippen LogP contribution >= 0.6 is 11.6 Å². The van der Waals surface area contributed by atoms with Crippen molar-refractivity contribution in [3.63, 3.8) is 0 Å². The van der Waals surface area contributed by atoms with Gasteiger partial charge in [-0.15, -0.1) is 12.3 Å². The smallest absolute Gasteiger partial charge is 0.339 e. The lowest BCUT2D eigenvalue weighted by molar-refractivity contribution is 0.0697. The van der Waals surface area contributed by atoms with E-state index >= 15 is 0 Å². The van der Waals surface area contributed by atoms with Crippen LogP contribution in [-0.4, -0.2) is 22.6 Å². The third-order valence-electron chi connectivity index (χ3n) is 2.13. The van der Waals surface area contributed by atoms with Crippen molar-refractivity contribution in [3.8, 4) is 12.3 Å². The van der Waals surface area contributed by atoms with Gasteiger partial charge in [-0.1, -0.05) is 11.6 Å². The molecular weight excluding hydrogens is 240 g/mol. The number of rotatable bonds is 6. The number of hydrogen-bond acceptors (Lipinski definition) is 3. The van der Waals surface area contributed by atoms with E-state index in [-0.39, 0.29) is 10.7 Å². The Morgan fingerprint density at radius 1 is 1.53 bits per heavy atom. The second-order valence-electron chi connectivity index (χ2n) is 3.42. The third kappa shape index (κ3) is 4.33. The van der Waals surface area contributed by atoms with Crippen molar-refractivity contribution < 1.29 is 9.90 Å². The second kappa shape index (κ2) is 6.77. The van der Waals surface area contributed by atoms with E-state index in [1.165, 1.54) is 12.1 Å². The van der Waals surface area contributed by atoms with Gasteiger partial charge in [0.25, 0.3) is 0 Å². The predicted molar refractivity (Wildman–Crippen MR) is 67.4 cm³/mol. The lowest BCUT2D eigenvalue weighted by Gasteiger charge is -2.08. The Bertz CT molecular complexity index is 441. The minimum absolute atomic E-state index is 0.117. The normalized spacial score (nSPS) is 9.65. The molecule has 0 aliphatic carbocycles. The summed E-state index contributed by atoms with van der Waals surface area (Å²) in [5.41, 5.74) is 0.117. The minimum atomic E-state index is -1.03. The first-order chi connectivity index (χ1) is 8.15. The molecule has 0 radical (unpaired) electrons. The van der Waals surface area contributed by atoms with Crippen LogP contribution in [0.1, 0.15) is 29.6 Å². The Morgan fingerprint density at radius 3 is 2.94 bits per heavy atom. The molecule has 0 aromatic carbocycles. The van der Waals surface area contributed by atoms with Gasteiger partial charge >= 0.3 is 5.97 Å². The molecule has 17 heavy (non-hydrogen) atoms. The van der Waals surface area contributed by atoms with Crippen LogP contribution in [0.5, 0.6) is 0 Å². The number of terminal acetylenes is 1. The molecule has 1 rings (SSSR count). The third-order valence-corrected chi connectivity index (χ3v) is 2.34. The van der Waals surface area contributed by atoms with Crippen LogP contribution in [0.15, 0.2) is 12.1 Å². The Labute approximate surface area is 105 Å². The van der Waals surface area contributed by atoms with Gasteiger partial charge in [-0.05, 0) is 25.0 Å². The number of carboxylic acids is 1. The molecule has 0 fully saturated rings. The number of carbonyl (C=O) groups is 1. The Balaban J connectivity index is 2.60. The number of carboxylic acid groups (broad SMARTS) is 1. The van der Waals surface area contributed by atoms with Gasteiger partial charge in [0.1, 0.15) is 16.5 Å². The summed E-state index contributed by atoms with van der Waals surface area (Å²) in [6, 6.07) is 2.88. The number of anilines is 1. The maximum absolute atomic E-state index is 10.9. The van der Waals surface area contributed by atoms with Gasteiger partial charge in [0, 0.05) is 13.0 Å². The zero-order valence-electron chi connectivity index (χ0n) is 9.24. The fourth-order valence-corrected chi connectivity index (χ4v) is 1.45. The molecule has 0 aliphatic rings. The Hall–Kier alpha value is -1.73. The van der Waals surface area contributed by atoms with Gasteiger partial charge in [0.15, 0.2) is 0 Å². The van der Waals surface area contributed by atoms with E-state index in [1.807, 2.05) is 0 Å². The molecule has 0 amide bonds. The summed E-state index contributed by atoms with van der Waals surface area (Å²) < 4.78 is 0. The molecule has 90 valence electrons. The number of unbranched alkanes of at least 4 members (excludes halogenated alkanes) is 2. The van der Waals surface area contributed by atoms with Crippen molar-refractivity contribution in [2.45, 2.75) is 19.3 Å². The van der Waals surface area contributed by atoms with E-state index in [0.717, 1.165) is 19.3 Å². The van der Waals surface area contributed by atoms with E-state index < -0.39 is 5.97 Å². The summed E-state index contributed by atoms with van der Waals surface area (Å²) in [6.45, 7) is 0.620. The minimum Gasteiger partial charge on any atom is -0.478 e. The van der Waals surface area contributed by atoms with E-state index in [9.17, 15) is 4.79 Å². The number of nitrogens with zero attached hydrogens (tertiary/aromatic N) is 1. The molecule has 2 N–H and O–H groups in total. The second-order valence-corrected chi connectivity index (χ2v) is 3.81. The number of hydrogen-bond donors (Lipinski definition) is 2. The molecule has 0 spiro atoms. The van der Waals surface area contributed by atoms with E-state index in [0.29, 0.717) is 12.4 Å². The van der Waals surface area contributed by atoms with E-state index in [1.54, 1.807) is 0 Å². The molecule has 0 atom stereocenters. The van der Waals surface area contributed by atoms with Crippen molar-refractivity contribution in [1.29, 1.82) is 0 Å². The lowest BCUT2D eigenvalue weighted by Crippen LogP contribution is -2.09. The maximum Gasteiger partial charge on any atom is 0.339 e. The van der Waals surface area contributed by atoms with Crippen molar-refractivity contribution in [2.24, 2.45) is 0 Å². The maximum atomic E-state index is 10.9. The molecule has 0 saturated heterocycles. The van der Waals surface area contributed by atoms with Crippen LogP contribution in [0.2, 0.25) is 5.15 Å². The van der Waals surface area contributed by atoms with Crippen LogP contribution in [0.3, 0.4) is 0 Å². The quantitative estimate of drug-likeness (QED) is 0.464. The molecule has 4 nitrogen and oxygen atoms in total. The molecule has 0 bridgehead atoms. The number of aromatic carboxylic acids is 1. The molecule has 0 unspecified atom stereocenters. The first-order valence-corrected chi connectivity index (χ1v) is 5.60. The first-order valence-electron chi connectivity index (χ1n) is 5.22. The van der Waals surface area contributed by atoms with Crippen LogP contribution in [0.4, 0.5) is 5.82 Å². The standard InChI is InChI=1S/C12H13ClN2O2/c1-2-3-4-5-8-14-11-9(12(16)17)6-7-10(13)15-11/h1,6-7H,3-5,8H2,(H,14,15)(H,16,17). The zero-order valence-corrected chi connectivity index (χ0v) is 10.00. The molecule has 1 aromatic heterocycles. The van der Waals surface area contributed by atoms with Gasteiger partial charge in [-0.3, -0.25) is 0 Å². The van der Waals surface area contributed by atoms with Crippen molar-refractivity contribution in [1.82, 2.24) is 4.98 Å². The molecular formula is C12H13ClN2O2. The van der Waals surface area contributed by atoms with Crippen LogP contribution in [-0.2, 0) is 0 Å². The highest BCUT2D eigenvalue weighted by molar-refractivity contribution is 6.29. The van der Waals surface area contributed by atoms with Crippen molar-refractivity contribution in [2.75, 3.05) is 11.9 Å². The average Bonchev–Trinajstić information content (AvgIpc) is 2.28. The number of aromatic nitrogens is 1. The molecule has 0 saturated carbocycles. The first kappa shape index (κ1) is 13.3. The van der Waals surface area contributed by atoms with Gasteiger partial charge in [0.2, 0.25) is 0 Å². The average molecular weight is 253 g/mol. The Morgan fingerprint density at radius 2 is 2.29 bits per heavy atom. The van der Waals surface area contributed by atoms with E-state index in [4.69, 9.17) is 23.1 Å². The summed E-state index contributed by atoms with van der Waals surface area (Å²) in [7, 11) is 0. The zero-order chi connectivity index (χ0) is 12.7. The SMILES string of the molecule is C#CCCCCNc1nc(Cl)ccc1C(=O)O. The van der Waals surface area contributed by atoms with Crippen LogP contribution in [0.25, 0.3) is 0 Å². The number of nitrogens with one attached hydrogen (secondary N) is 1. The fraction of sp³-hybridized carbons (Fsp3) is 0.333. The van der Waals surface area contributed by atoms with Crippen molar-refractivity contribution >= 4 is 23.4 Å². The van der Waals surface area contributed by atoms with Gasteiger partial charge in [-0.2, -0.15) is 0 Å². The highest BCUT2D eigenvalue weighted by Crippen LogP contribution is 2.16. The predicted octanol–water partition coefficient (Wildman–Crippen LogP) is 2.65.